The Kier molecular flexibility index (Phi) is 5.57. The predicted octanol–water partition coefficient (Wildman–Crippen LogP) is 2.24. The van der Waals surface area contributed by atoms with E-state index in [-0.39, 0.29) is 11.7 Å². The maximum Gasteiger partial charge on any atom is 0.239 e. The number of anilines is 1. The Balaban J connectivity index is 1.25. The van der Waals surface area contributed by atoms with Crippen molar-refractivity contribution >= 4 is 11.7 Å². The predicted molar refractivity (Wildman–Crippen MR) is 97.7 cm³/mol. The van der Waals surface area contributed by atoms with E-state index in [0.717, 1.165) is 38.3 Å². The molecule has 0 aromatic carbocycles. The third-order valence-electron chi connectivity index (χ3n) is 5.94. The molecule has 0 radical (unpaired) electrons. The monoisotopic (exact) mass is 362 g/mol. The van der Waals surface area contributed by atoms with Crippen LogP contribution in [0.5, 0.6) is 0 Å². The maximum absolute atomic E-state index is 12.5. The van der Waals surface area contributed by atoms with Crippen molar-refractivity contribution in [3.05, 3.63) is 12.3 Å². The Morgan fingerprint density at radius 3 is 2.65 bits per heavy atom. The highest BCUT2D eigenvalue weighted by molar-refractivity contribution is 5.91. The number of piperidine rings is 1. The maximum atomic E-state index is 12.5. The molecule has 1 spiro atoms. The van der Waals surface area contributed by atoms with Crippen LogP contribution >= 0.6 is 0 Å². The van der Waals surface area contributed by atoms with Crippen molar-refractivity contribution in [2.75, 3.05) is 38.2 Å². The topological polar surface area (TPSA) is 68.6 Å². The second-order valence-electron chi connectivity index (χ2n) is 7.83. The molecule has 3 heterocycles. The number of amides is 1. The number of hydrogen-bond acceptors (Lipinski definition) is 5. The number of nitrogens with one attached hydrogen (secondary N) is 1. The zero-order chi connectivity index (χ0) is 17.8. The van der Waals surface area contributed by atoms with Gasteiger partial charge in [0.05, 0.1) is 26.0 Å². The number of aromatic nitrogens is 2. The van der Waals surface area contributed by atoms with Crippen molar-refractivity contribution in [1.82, 2.24) is 14.7 Å². The lowest BCUT2D eigenvalue weighted by atomic mass is 9.89. The molecule has 1 N–H and O–H groups in total. The van der Waals surface area contributed by atoms with Gasteiger partial charge in [-0.25, -0.2) is 4.68 Å². The Morgan fingerprint density at radius 2 is 1.92 bits per heavy atom. The summed E-state index contributed by atoms with van der Waals surface area (Å²) in [6.45, 7) is 4.34. The first-order valence-corrected chi connectivity index (χ1v) is 10.0. The van der Waals surface area contributed by atoms with Crippen LogP contribution in [0.4, 0.5) is 5.82 Å². The van der Waals surface area contributed by atoms with Crippen molar-refractivity contribution in [3.8, 4) is 0 Å². The van der Waals surface area contributed by atoms with Gasteiger partial charge in [0.2, 0.25) is 5.91 Å². The van der Waals surface area contributed by atoms with Crippen molar-refractivity contribution in [3.63, 3.8) is 0 Å². The van der Waals surface area contributed by atoms with Gasteiger partial charge in [-0.1, -0.05) is 19.3 Å². The second kappa shape index (κ2) is 8.06. The van der Waals surface area contributed by atoms with Crippen molar-refractivity contribution in [2.24, 2.45) is 5.92 Å². The molecule has 7 heteroatoms. The molecule has 0 atom stereocenters. The summed E-state index contributed by atoms with van der Waals surface area (Å²) in [5.74, 6) is 1.14. The molecule has 1 aromatic heterocycles. The van der Waals surface area contributed by atoms with Gasteiger partial charge in [0.1, 0.15) is 5.82 Å². The largest absolute Gasteiger partial charge is 0.347 e. The molecule has 1 saturated carbocycles. The molecule has 2 saturated heterocycles. The van der Waals surface area contributed by atoms with E-state index >= 15 is 0 Å². The molecule has 1 amide bonds. The van der Waals surface area contributed by atoms with E-state index in [1.165, 1.54) is 32.1 Å². The Bertz CT molecular complexity index is 596. The SMILES string of the molecule is O=C(CN1CCC2(CC1)OCCO2)Nc1ccnn1CC1CCCCC1. The molecular weight excluding hydrogens is 332 g/mol. The van der Waals surface area contributed by atoms with Crippen LogP contribution in [0.15, 0.2) is 12.3 Å². The summed E-state index contributed by atoms with van der Waals surface area (Å²) in [4.78, 5) is 14.7. The standard InChI is InChI=1S/C19H30N4O3/c24-18(15-22-10-7-19(8-11-22)25-12-13-26-19)21-17-6-9-20-23(17)14-16-4-2-1-3-5-16/h6,9,16H,1-5,7-8,10-15H2,(H,21,24). The fourth-order valence-corrected chi connectivity index (χ4v) is 4.42. The first kappa shape index (κ1) is 17.9. The zero-order valence-corrected chi connectivity index (χ0v) is 15.5. The number of likely N-dealkylation sites (tertiary alicyclic amines) is 1. The summed E-state index contributed by atoms with van der Waals surface area (Å²) in [6, 6.07) is 1.89. The fraction of sp³-hybridized carbons (Fsp3) is 0.789. The highest BCUT2D eigenvalue weighted by Gasteiger charge is 2.39. The van der Waals surface area contributed by atoms with Crippen LogP contribution in [0.1, 0.15) is 44.9 Å². The molecule has 1 aliphatic carbocycles. The fourth-order valence-electron chi connectivity index (χ4n) is 4.42. The highest BCUT2D eigenvalue weighted by Crippen LogP contribution is 2.31. The molecule has 3 aliphatic rings. The Hall–Kier alpha value is -1.44. The molecule has 26 heavy (non-hydrogen) atoms. The second-order valence-corrected chi connectivity index (χ2v) is 7.83. The number of carbonyl (C=O) groups excluding carboxylic acids is 1. The van der Waals surface area contributed by atoms with E-state index in [4.69, 9.17) is 9.47 Å². The summed E-state index contributed by atoms with van der Waals surface area (Å²) >= 11 is 0. The molecule has 144 valence electrons. The van der Waals surface area contributed by atoms with Crippen LogP contribution in [-0.4, -0.2) is 59.2 Å². The lowest BCUT2D eigenvalue weighted by Gasteiger charge is -2.37. The summed E-state index contributed by atoms with van der Waals surface area (Å²) in [6.07, 6.45) is 9.97. The van der Waals surface area contributed by atoms with Crippen molar-refractivity contribution in [2.45, 2.75) is 57.3 Å². The quantitative estimate of drug-likeness (QED) is 0.870. The van der Waals surface area contributed by atoms with E-state index in [1.54, 1.807) is 6.20 Å². The van der Waals surface area contributed by atoms with E-state index in [2.05, 4.69) is 15.3 Å². The number of carbonyl (C=O) groups is 1. The molecule has 0 bridgehead atoms. The van der Waals surface area contributed by atoms with Gasteiger partial charge in [-0.05, 0) is 18.8 Å². The number of rotatable bonds is 5. The average molecular weight is 362 g/mol. The van der Waals surface area contributed by atoms with Gasteiger partial charge in [0, 0.05) is 38.5 Å². The Morgan fingerprint density at radius 1 is 1.19 bits per heavy atom. The van der Waals surface area contributed by atoms with Crippen LogP contribution in [-0.2, 0) is 20.8 Å². The molecule has 2 aliphatic heterocycles. The molecule has 3 fully saturated rings. The van der Waals surface area contributed by atoms with E-state index in [1.807, 2.05) is 10.7 Å². The summed E-state index contributed by atoms with van der Waals surface area (Å²) in [5, 5.41) is 7.46. The highest BCUT2D eigenvalue weighted by atomic mass is 16.7. The minimum absolute atomic E-state index is 0.0274. The normalized spacial score (nSPS) is 24.2. The van der Waals surface area contributed by atoms with Gasteiger partial charge in [-0.15, -0.1) is 0 Å². The number of hydrogen-bond donors (Lipinski definition) is 1. The smallest absolute Gasteiger partial charge is 0.239 e. The first-order valence-electron chi connectivity index (χ1n) is 10.0. The first-order chi connectivity index (χ1) is 12.7. The lowest BCUT2D eigenvalue weighted by Crippen LogP contribution is -2.47. The summed E-state index contributed by atoms with van der Waals surface area (Å²) < 4.78 is 13.5. The van der Waals surface area contributed by atoms with E-state index < -0.39 is 0 Å². The summed E-state index contributed by atoms with van der Waals surface area (Å²) in [7, 11) is 0. The van der Waals surface area contributed by atoms with Crippen LogP contribution in [0.3, 0.4) is 0 Å². The minimum Gasteiger partial charge on any atom is -0.347 e. The molecule has 0 unspecified atom stereocenters. The van der Waals surface area contributed by atoms with Crippen LogP contribution in [0.25, 0.3) is 0 Å². The van der Waals surface area contributed by atoms with Crippen LogP contribution in [0, 0.1) is 5.92 Å². The van der Waals surface area contributed by atoms with Gasteiger partial charge in [0.15, 0.2) is 5.79 Å². The third-order valence-corrected chi connectivity index (χ3v) is 5.94. The van der Waals surface area contributed by atoms with Gasteiger partial charge in [-0.2, -0.15) is 5.10 Å². The van der Waals surface area contributed by atoms with E-state index in [9.17, 15) is 4.79 Å². The number of ether oxygens (including phenoxy) is 2. The van der Waals surface area contributed by atoms with Gasteiger partial charge < -0.3 is 14.8 Å². The molecule has 4 rings (SSSR count). The average Bonchev–Trinajstić information content (AvgIpc) is 3.28. The van der Waals surface area contributed by atoms with Crippen LogP contribution < -0.4 is 5.32 Å². The minimum atomic E-state index is -0.383. The summed E-state index contributed by atoms with van der Waals surface area (Å²) in [5.41, 5.74) is 0. The lowest BCUT2D eigenvalue weighted by molar-refractivity contribution is -0.185. The number of nitrogens with zero attached hydrogens (tertiary/aromatic N) is 3. The van der Waals surface area contributed by atoms with Gasteiger partial charge >= 0.3 is 0 Å². The van der Waals surface area contributed by atoms with Gasteiger partial charge in [0.25, 0.3) is 0 Å². The van der Waals surface area contributed by atoms with Gasteiger partial charge in [-0.3, -0.25) is 9.69 Å². The molecule has 7 nitrogen and oxygen atoms in total. The van der Waals surface area contributed by atoms with Crippen molar-refractivity contribution < 1.29 is 14.3 Å². The van der Waals surface area contributed by atoms with Crippen LogP contribution in [0.2, 0.25) is 0 Å². The van der Waals surface area contributed by atoms with E-state index in [0.29, 0.717) is 25.7 Å². The van der Waals surface area contributed by atoms with Crippen molar-refractivity contribution in [1.29, 1.82) is 0 Å². The third kappa shape index (κ3) is 4.27. The zero-order valence-electron chi connectivity index (χ0n) is 15.5. The molecular formula is C19H30N4O3. The Labute approximate surface area is 155 Å². The molecule has 1 aromatic rings.